The number of hydrogen-bond donors (Lipinski definition) is 0. The molecule has 0 unspecified atom stereocenters. The zero-order valence-electron chi connectivity index (χ0n) is 26.2. The van der Waals surface area contributed by atoms with E-state index in [1.807, 2.05) is 97.3 Å². The number of fused-ring (bicyclic) bond motifs is 2. The predicted octanol–water partition coefficient (Wildman–Crippen LogP) is 9.04. The van der Waals surface area contributed by atoms with Gasteiger partial charge in [-0.05, 0) is 58.1 Å². The van der Waals surface area contributed by atoms with Gasteiger partial charge in [-0.25, -0.2) is 0 Å². The number of carbonyl (C=O) groups excluding carboxylic acids is 1. The van der Waals surface area contributed by atoms with Gasteiger partial charge in [-0.1, -0.05) is 55.5 Å². The standard InChI is InChI=1S/2C15H10N.C5H8O2.4CH3.Ir/c2*1-2-7-13(8-3-1)15-14-9-5-4-6-12(14)10-11-16-15;1-4(6)3-5(2)7;;;;;/h2*1-7,9-11H;3,6H,1-2H3;4*1H3;/q2*-1;;4*-1;/p-1/b;;4-3+;;;;;. The number of carbonyl (C=O) groups is 1. The second-order valence-corrected chi connectivity index (χ2v) is 8.68. The summed E-state index contributed by atoms with van der Waals surface area (Å²) >= 11 is 0. The summed E-state index contributed by atoms with van der Waals surface area (Å²) in [5.74, 6) is -0.375. The number of ketones is 1. The van der Waals surface area contributed by atoms with E-state index in [4.69, 9.17) is 0 Å². The molecule has 4 aromatic carbocycles. The summed E-state index contributed by atoms with van der Waals surface area (Å²) in [5, 5.41) is 14.8. The Morgan fingerprint density at radius 2 is 1.00 bits per heavy atom. The molecule has 0 fully saturated rings. The zero-order valence-corrected chi connectivity index (χ0v) is 28.6. The maximum Gasteiger partial charge on any atom is 0.151 e. The van der Waals surface area contributed by atoms with Crippen LogP contribution in [0, 0.1) is 41.8 Å². The van der Waals surface area contributed by atoms with Crippen molar-refractivity contribution in [3.63, 3.8) is 0 Å². The molecule has 0 saturated heterocycles. The smallest absolute Gasteiger partial charge is 0.151 e. The van der Waals surface area contributed by atoms with Crippen molar-refractivity contribution in [2.75, 3.05) is 0 Å². The first-order chi connectivity index (χ1) is 19.0. The van der Waals surface area contributed by atoms with Crippen molar-refractivity contribution >= 4 is 27.3 Å². The summed E-state index contributed by atoms with van der Waals surface area (Å²) in [5.41, 5.74) is 4.08. The Labute approximate surface area is 277 Å². The molecule has 0 aliphatic rings. The molecule has 0 spiro atoms. The van der Waals surface area contributed by atoms with E-state index in [0.717, 1.165) is 28.6 Å². The van der Waals surface area contributed by atoms with E-state index in [1.54, 1.807) is 0 Å². The third-order valence-electron chi connectivity index (χ3n) is 5.68. The summed E-state index contributed by atoms with van der Waals surface area (Å²) in [6, 6.07) is 42.9. The topological polar surface area (TPSA) is 65.9 Å². The number of hydrogen-bond acceptors (Lipinski definition) is 4. The molecule has 2 aromatic heterocycles. The van der Waals surface area contributed by atoms with Crippen LogP contribution in [0.3, 0.4) is 0 Å². The van der Waals surface area contributed by atoms with Crippen LogP contribution in [-0.4, -0.2) is 15.8 Å². The minimum atomic E-state index is -0.187. The first kappa shape index (κ1) is 41.7. The van der Waals surface area contributed by atoms with Crippen molar-refractivity contribution in [2.45, 2.75) is 13.8 Å². The molecule has 6 aromatic rings. The number of pyridine rings is 2. The van der Waals surface area contributed by atoms with Crippen molar-refractivity contribution in [1.82, 2.24) is 9.97 Å². The summed E-state index contributed by atoms with van der Waals surface area (Å²) in [7, 11) is 0. The summed E-state index contributed by atoms with van der Waals surface area (Å²) in [6.07, 6.45) is 4.75. The van der Waals surface area contributed by atoms with E-state index in [2.05, 4.69) is 46.4 Å². The minimum Gasteiger partial charge on any atom is -0.876 e. The van der Waals surface area contributed by atoms with Crippen LogP contribution in [0.2, 0.25) is 0 Å². The summed E-state index contributed by atoms with van der Waals surface area (Å²) in [6.45, 7) is 2.70. The van der Waals surface area contributed by atoms with Gasteiger partial charge >= 0.3 is 0 Å². The molecular weight excluding hydrogens is 721 g/mol. The van der Waals surface area contributed by atoms with Gasteiger partial charge in [-0.3, -0.25) is 4.79 Å². The Balaban J connectivity index is 0. The van der Waals surface area contributed by atoms with E-state index >= 15 is 0 Å². The van der Waals surface area contributed by atoms with Gasteiger partial charge in [0, 0.05) is 32.5 Å². The molecule has 0 aliphatic carbocycles. The van der Waals surface area contributed by atoms with Crippen LogP contribution in [-0.2, 0) is 24.9 Å². The monoisotopic (exact) mass is 760 g/mol. The maximum absolute atomic E-state index is 9.98. The molecule has 233 valence electrons. The fourth-order valence-electron chi connectivity index (χ4n) is 4.04. The van der Waals surface area contributed by atoms with Gasteiger partial charge in [0.1, 0.15) is 0 Å². The molecule has 0 bridgehead atoms. The largest absolute Gasteiger partial charge is 0.876 e. The number of benzene rings is 4. The molecule has 1 radical (unpaired) electrons. The van der Waals surface area contributed by atoms with Gasteiger partial charge in [-0.15, -0.1) is 77.5 Å². The molecule has 5 heteroatoms. The van der Waals surface area contributed by atoms with E-state index in [9.17, 15) is 9.90 Å². The zero-order chi connectivity index (χ0) is 27.5. The molecule has 6 rings (SSSR count). The number of nitrogens with zero attached hydrogens (tertiary/aromatic N) is 2. The van der Waals surface area contributed by atoms with Crippen LogP contribution in [0.15, 0.2) is 133 Å². The SMILES string of the molecule is CC(=O)/C=C(\C)[O-].[CH3-].[CH3-].[CH3-].[CH3-].[Ir].[c-]1ccccc1-c1nccc2ccccc12.[c-]1ccccc1-c1nccc2ccccc12. The van der Waals surface area contributed by atoms with Crippen molar-refractivity contribution in [3.05, 3.63) is 175 Å². The molecule has 0 saturated carbocycles. The van der Waals surface area contributed by atoms with Crippen LogP contribution in [0.5, 0.6) is 0 Å². The fourth-order valence-corrected chi connectivity index (χ4v) is 4.04. The predicted molar refractivity (Wildman–Crippen MR) is 182 cm³/mol. The number of allylic oxidation sites excluding steroid dienone is 2. The maximum atomic E-state index is 9.98. The third kappa shape index (κ3) is 11.7. The Kier molecular flexibility index (Phi) is 20.2. The van der Waals surface area contributed by atoms with Crippen molar-refractivity contribution in [3.8, 4) is 22.5 Å². The third-order valence-corrected chi connectivity index (χ3v) is 5.68. The molecule has 4 nitrogen and oxygen atoms in total. The first-order valence-electron chi connectivity index (χ1n) is 12.5. The second-order valence-electron chi connectivity index (χ2n) is 8.68. The average Bonchev–Trinajstić information content (AvgIpc) is 2.97. The van der Waals surface area contributed by atoms with Crippen LogP contribution in [0.1, 0.15) is 13.8 Å². The Hall–Kier alpha value is -4.44. The van der Waals surface area contributed by atoms with Gasteiger partial charge in [0.05, 0.1) is 0 Å². The summed E-state index contributed by atoms with van der Waals surface area (Å²) < 4.78 is 0. The van der Waals surface area contributed by atoms with E-state index in [1.165, 1.54) is 35.4 Å². The molecule has 0 aliphatic heterocycles. The Bertz CT molecular complexity index is 1570. The quantitative estimate of drug-likeness (QED) is 0.103. The molecule has 0 amide bonds. The Morgan fingerprint density at radius 3 is 1.32 bits per heavy atom. The number of aromatic nitrogens is 2. The molecule has 2 heterocycles. The van der Waals surface area contributed by atoms with E-state index < -0.39 is 0 Å². The average molecular weight is 760 g/mol. The van der Waals surface area contributed by atoms with Crippen molar-refractivity contribution < 1.29 is 30.0 Å². The second kappa shape index (κ2) is 21.3. The Morgan fingerprint density at radius 1 is 0.614 bits per heavy atom. The fraction of sp³-hybridized carbons (Fsp3) is 0.0513. The van der Waals surface area contributed by atoms with Gasteiger partial charge < -0.3 is 44.8 Å². The van der Waals surface area contributed by atoms with Crippen LogP contribution in [0.4, 0.5) is 0 Å². The van der Waals surface area contributed by atoms with Gasteiger partial charge in [0.15, 0.2) is 5.78 Å². The normalized spacial score (nSPS) is 9.45. The van der Waals surface area contributed by atoms with Crippen molar-refractivity contribution in [2.24, 2.45) is 0 Å². The van der Waals surface area contributed by atoms with Crippen LogP contribution < -0.4 is 5.11 Å². The number of rotatable bonds is 3. The van der Waals surface area contributed by atoms with E-state index in [0.29, 0.717) is 0 Å². The first-order valence-corrected chi connectivity index (χ1v) is 12.5. The molecular formula is C39H39IrN2O2-7. The minimum absolute atomic E-state index is 0. The van der Waals surface area contributed by atoms with Gasteiger partial charge in [-0.2, -0.15) is 0 Å². The van der Waals surface area contributed by atoms with Crippen LogP contribution >= 0.6 is 0 Å². The van der Waals surface area contributed by atoms with E-state index in [-0.39, 0.29) is 61.4 Å². The summed E-state index contributed by atoms with van der Waals surface area (Å²) in [4.78, 5) is 18.9. The molecule has 0 atom stereocenters. The van der Waals surface area contributed by atoms with Crippen molar-refractivity contribution in [1.29, 1.82) is 0 Å². The van der Waals surface area contributed by atoms with Gasteiger partial charge in [0.25, 0.3) is 0 Å². The van der Waals surface area contributed by atoms with Gasteiger partial charge in [0.2, 0.25) is 0 Å². The molecule has 0 N–H and O–H groups in total. The van der Waals surface area contributed by atoms with Crippen LogP contribution in [0.25, 0.3) is 44.1 Å². The molecule has 44 heavy (non-hydrogen) atoms.